The van der Waals surface area contributed by atoms with Crippen LogP contribution >= 0.6 is 23.2 Å². The third-order valence-electron chi connectivity index (χ3n) is 4.79. The SMILES string of the molecule is CN(CC1CC2CCC1C2)C(=O)c1cc(Cl)ncc1Cl. The largest absolute Gasteiger partial charge is 0.341 e. The highest BCUT2D eigenvalue weighted by Gasteiger charge is 2.40. The van der Waals surface area contributed by atoms with Crippen LogP contribution in [0.4, 0.5) is 0 Å². The molecule has 0 aromatic carbocycles. The third-order valence-corrected chi connectivity index (χ3v) is 5.30. The molecule has 1 aromatic heterocycles. The molecule has 2 aliphatic rings. The summed E-state index contributed by atoms with van der Waals surface area (Å²) in [6.45, 7) is 0.816. The van der Waals surface area contributed by atoms with Crippen molar-refractivity contribution in [2.45, 2.75) is 25.7 Å². The first-order valence-corrected chi connectivity index (χ1v) is 7.86. The van der Waals surface area contributed by atoms with E-state index in [9.17, 15) is 4.79 Å². The lowest BCUT2D eigenvalue weighted by Crippen LogP contribution is -2.34. The van der Waals surface area contributed by atoms with Crippen LogP contribution in [0.2, 0.25) is 10.2 Å². The van der Waals surface area contributed by atoms with Crippen molar-refractivity contribution in [3.8, 4) is 0 Å². The number of aromatic nitrogens is 1. The van der Waals surface area contributed by atoms with Gasteiger partial charge in [-0.1, -0.05) is 29.6 Å². The maximum absolute atomic E-state index is 12.5. The fourth-order valence-electron chi connectivity index (χ4n) is 3.82. The van der Waals surface area contributed by atoms with E-state index in [1.165, 1.54) is 31.9 Å². The van der Waals surface area contributed by atoms with E-state index >= 15 is 0 Å². The van der Waals surface area contributed by atoms with Gasteiger partial charge in [-0.05, 0) is 43.1 Å². The van der Waals surface area contributed by atoms with Crippen LogP contribution in [0, 0.1) is 17.8 Å². The average Bonchev–Trinajstić information content (AvgIpc) is 3.03. The lowest BCUT2D eigenvalue weighted by atomic mass is 9.88. The molecule has 1 heterocycles. The van der Waals surface area contributed by atoms with E-state index < -0.39 is 0 Å². The fraction of sp³-hybridized carbons (Fsp3) is 0.600. The van der Waals surface area contributed by atoms with Gasteiger partial charge >= 0.3 is 0 Å². The molecule has 2 bridgehead atoms. The summed E-state index contributed by atoms with van der Waals surface area (Å²) in [4.78, 5) is 18.1. The van der Waals surface area contributed by atoms with Crippen LogP contribution in [0.1, 0.15) is 36.0 Å². The van der Waals surface area contributed by atoms with Gasteiger partial charge < -0.3 is 4.90 Å². The average molecular weight is 313 g/mol. The highest BCUT2D eigenvalue weighted by atomic mass is 35.5. The van der Waals surface area contributed by atoms with Crippen molar-refractivity contribution in [2.75, 3.05) is 13.6 Å². The molecule has 0 radical (unpaired) electrons. The molecule has 3 atom stereocenters. The highest BCUT2D eigenvalue weighted by Crippen LogP contribution is 2.48. The maximum Gasteiger partial charge on any atom is 0.255 e. The number of rotatable bonds is 3. The summed E-state index contributed by atoms with van der Waals surface area (Å²) in [6, 6.07) is 1.55. The summed E-state index contributed by atoms with van der Waals surface area (Å²) in [5.41, 5.74) is 0.442. The van der Waals surface area contributed by atoms with E-state index in [4.69, 9.17) is 23.2 Å². The van der Waals surface area contributed by atoms with Crippen molar-refractivity contribution in [3.63, 3.8) is 0 Å². The van der Waals surface area contributed by atoms with Crippen molar-refractivity contribution in [2.24, 2.45) is 17.8 Å². The molecule has 0 spiro atoms. The highest BCUT2D eigenvalue weighted by molar-refractivity contribution is 6.35. The van der Waals surface area contributed by atoms with E-state index in [0.717, 1.165) is 18.4 Å². The third kappa shape index (κ3) is 2.66. The number of fused-ring (bicyclic) bond motifs is 2. The number of hydrogen-bond acceptors (Lipinski definition) is 2. The van der Waals surface area contributed by atoms with Gasteiger partial charge in [-0.15, -0.1) is 0 Å². The molecule has 3 nitrogen and oxygen atoms in total. The minimum absolute atomic E-state index is 0.0675. The van der Waals surface area contributed by atoms with Crippen molar-refractivity contribution < 1.29 is 4.79 Å². The van der Waals surface area contributed by atoms with E-state index in [1.54, 1.807) is 11.0 Å². The van der Waals surface area contributed by atoms with Gasteiger partial charge in [0.1, 0.15) is 5.15 Å². The topological polar surface area (TPSA) is 33.2 Å². The van der Waals surface area contributed by atoms with Crippen molar-refractivity contribution in [3.05, 3.63) is 28.0 Å². The Labute approximate surface area is 129 Å². The van der Waals surface area contributed by atoms with Crippen molar-refractivity contribution in [1.82, 2.24) is 9.88 Å². The Morgan fingerprint density at radius 3 is 2.85 bits per heavy atom. The molecule has 2 saturated carbocycles. The second-order valence-corrected chi connectivity index (χ2v) is 6.90. The quantitative estimate of drug-likeness (QED) is 0.793. The standard InChI is InChI=1S/C15H18Cl2N2O/c1-19(8-11-5-9-2-3-10(11)4-9)15(20)12-6-14(17)18-7-13(12)16/h6-7,9-11H,2-5,8H2,1H3. The van der Waals surface area contributed by atoms with Gasteiger partial charge in [-0.25, -0.2) is 4.98 Å². The van der Waals surface area contributed by atoms with Crippen LogP contribution in [0.25, 0.3) is 0 Å². The molecule has 0 aliphatic heterocycles. The van der Waals surface area contributed by atoms with Crippen LogP contribution in [0.5, 0.6) is 0 Å². The van der Waals surface area contributed by atoms with Gasteiger partial charge in [0.2, 0.25) is 0 Å². The second kappa shape index (κ2) is 5.53. The second-order valence-electron chi connectivity index (χ2n) is 6.11. The number of pyridine rings is 1. The van der Waals surface area contributed by atoms with Gasteiger partial charge in [-0.2, -0.15) is 0 Å². The lowest BCUT2D eigenvalue weighted by Gasteiger charge is -2.27. The first-order valence-electron chi connectivity index (χ1n) is 7.11. The van der Waals surface area contributed by atoms with Gasteiger partial charge in [0.15, 0.2) is 0 Å². The summed E-state index contributed by atoms with van der Waals surface area (Å²) >= 11 is 11.9. The molecule has 1 amide bonds. The van der Waals surface area contributed by atoms with E-state index in [-0.39, 0.29) is 5.91 Å². The summed E-state index contributed by atoms with van der Waals surface area (Å²) in [5.74, 6) is 2.29. The predicted molar refractivity (Wildman–Crippen MR) is 80.2 cm³/mol. The van der Waals surface area contributed by atoms with E-state index in [2.05, 4.69) is 4.98 Å². The van der Waals surface area contributed by atoms with Crippen molar-refractivity contribution >= 4 is 29.1 Å². The minimum atomic E-state index is -0.0675. The maximum atomic E-state index is 12.5. The van der Waals surface area contributed by atoms with Gasteiger partial charge in [0.25, 0.3) is 5.91 Å². The molecular weight excluding hydrogens is 295 g/mol. The van der Waals surface area contributed by atoms with Gasteiger partial charge in [0.05, 0.1) is 10.6 Å². The van der Waals surface area contributed by atoms with Crippen molar-refractivity contribution in [1.29, 1.82) is 0 Å². The fourth-order valence-corrected chi connectivity index (χ4v) is 4.16. The summed E-state index contributed by atoms with van der Waals surface area (Å²) in [7, 11) is 1.85. The molecule has 0 N–H and O–H groups in total. The molecule has 2 fully saturated rings. The number of amides is 1. The number of nitrogens with zero attached hydrogens (tertiary/aromatic N) is 2. The zero-order valence-electron chi connectivity index (χ0n) is 11.5. The van der Waals surface area contributed by atoms with Crippen LogP contribution in [0.3, 0.4) is 0 Å². The van der Waals surface area contributed by atoms with Crippen LogP contribution < -0.4 is 0 Å². The molecule has 3 unspecified atom stereocenters. The molecular formula is C15H18Cl2N2O. The first kappa shape index (κ1) is 14.2. The monoisotopic (exact) mass is 312 g/mol. The summed E-state index contributed by atoms with van der Waals surface area (Å²) in [6.07, 6.45) is 6.77. The molecule has 1 aromatic rings. The minimum Gasteiger partial charge on any atom is -0.341 e. The number of carbonyl (C=O) groups excluding carboxylic acids is 1. The Morgan fingerprint density at radius 1 is 1.40 bits per heavy atom. The molecule has 20 heavy (non-hydrogen) atoms. The Kier molecular flexibility index (Phi) is 3.91. The number of carbonyl (C=O) groups is 1. The molecule has 2 aliphatic carbocycles. The first-order chi connectivity index (χ1) is 9.54. The Morgan fingerprint density at radius 2 is 2.20 bits per heavy atom. The lowest BCUT2D eigenvalue weighted by molar-refractivity contribution is 0.0754. The summed E-state index contributed by atoms with van der Waals surface area (Å²) < 4.78 is 0. The molecule has 5 heteroatoms. The van der Waals surface area contributed by atoms with Crippen LogP contribution in [0.15, 0.2) is 12.3 Å². The normalized spacial score (nSPS) is 27.9. The Hall–Kier alpha value is -0.800. The molecule has 0 saturated heterocycles. The van der Waals surface area contributed by atoms with Crippen LogP contribution in [-0.4, -0.2) is 29.4 Å². The van der Waals surface area contributed by atoms with Gasteiger partial charge in [0, 0.05) is 19.8 Å². The Balaban J connectivity index is 1.69. The van der Waals surface area contributed by atoms with Crippen LogP contribution in [-0.2, 0) is 0 Å². The zero-order valence-corrected chi connectivity index (χ0v) is 13.0. The smallest absolute Gasteiger partial charge is 0.255 e. The summed E-state index contributed by atoms with van der Waals surface area (Å²) in [5, 5.41) is 0.658. The zero-order chi connectivity index (χ0) is 14.3. The number of hydrogen-bond donors (Lipinski definition) is 0. The molecule has 3 rings (SSSR count). The van der Waals surface area contributed by atoms with E-state index in [1.807, 2.05) is 7.05 Å². The molecule has 108 valence electrons. The van der Waals surface area contributed by atoms with Gasteiger partial charge in [-0.3, -0.25) is 4.79 Å². The Bertz CT molecular complexity index is 535. The van der Waals surface area contributed by atoms with E-state index in [0.29, 0.717) is 21.7 Å². The number of halogens is 2. The predicted octanol–water partition coefficient (Wildman–Crippen LogP) is 3.90.